The first kappa shape index (κ1) is 21.5. The van der Waals surface area contributed by atoms with Crippen LogP contribution in [0.3, 0.4) is 0 Å². The van der Waals surface area contributed by atoms with E-state index in [9.17, 15) is 22.4 Å². The maximum absolute atomic E-state index is 13.6. The third-order valence-electron chi connectivity index (χ3n) is 4.10. The second kappa shape index (κ2) is 7.30. The van der Waals surface area contributed by atoms with Crippen molar-refractivity contribution in [3.8, 4) is 0 Å². The lowest BCUT2D eigenvalue weighted by atomic mass is 9.81. The van der Waals surface area contributed by atoms with Crippen molar-refractivity contribution in [2.45, 2.75) is 52.3 Å². The number of hydrogen-bond acceptors (Lipinski definition) is 3. The van der Waals surface area contributed by atoms with E-state index in [4.69, 9.17) is 11.3 Å². The van der Waals surface area contributed by atoms with Crippen molar-refractivity contribution < 1.29 is 27.1 Å². The smallest absolute Gasteiger partial charge is 0.416 e. The third-order valence-corrected chi connectivity index (χ3v) is 4.10. The Morgan fingerprint density at radius 1 is 1.18 bits per heavy atom. The summed E-state index contributed by atoms with van der Waals surface area (Å²) in [4.78, 5) is 16.2. The first-order valence-electron chi connectivity index (χ1n) is 8.42. The summed E-state index contributed by atoms with van der Waals surface area (Å²) in [5.41, 5.74) is -2.08. The predicted octanol–water partition coefficient (Wildman–Crippen LogP) is 5.30. The van der Waals surface area contributed by atoms with E-state index < -0.39 is 35.0 Å². The molecule has 0 saturated carbocycles. The molecule has 4 nitrogen and oxygen atoms in total. The van der Waals surface area contributed by atoms with Gasteiger partial charge in [-0.2, -0.15) is 13.2 Å². The lowest BCUT2D eigenvalue weighted by Crippen LogP contribution is -2.33. The van der Waals surface area contributed by atoms with Crippen LogP contribution in [0.15, 0.2) is 40.9 Å². The molecule has 2 rings (SSSR count). The molecule has 0 saturated heterocycles. The molecule has 0 amide bonds. The van der Waals surface area contributed by atoms with E-state index in [-0.39, 0.29) is 22.5 Å². The average Bonchev–Trinajstić information content (AvgIpc) is 2.51. The number of alkyl halides is 3. The summed E-state index contributed by atoms with van der Waals surface area (Å²) in [5, 5.41) is 2.86. The molecule has 1 aliphatic heterocycles. The Kier molecular flexibility index (Phi) is 5.60. The molecule has 1 aromatic rings. The van der Waals surface area contributed by atoms with E-state index in [2.05, 4.69) is 10.2 Å². The van der Waals surface area contributed by atoms with E-state index in [0.717, 1.165) is 12.1 Å². The van der Waals surface area contributed by atoms with Gasteiger partial charge in [-0.15, -0.1) is 0 Å². The fourth-order valence-electron chi connectivity index (χ4n) is 3.06. The summed E-state index contributed by atoms with van der Waals surface area (Å²) in [7, 11) is 0. The molecule has 0 spiro atoms. The minimum atomic E-state index is -4.86. The fraction of sp³-hybridized carbons (Fsp3) is 0.400. The van der Waals surface area contributed by atoms with Crippen LogP contribution in [0.4, 0.5) is 17.6 Å². The molecule has 0 fully saturated rings. The molecular weight excluding hydrogens is 376 g/mol. The molecule has 150 valence electrons. The summed E-state index contributed by atoms with van der Waals surface area (Å²) >= 11 is 0. The highest BCUT2D eigenvalue weighted by Gasteiger charge is 2.42. The topological polar surface area (TPSA) is 42.7 Å². The lowest BCUT2D eigenvalue weighted by molar-refractivity contribution is -0.150. The number of halogens is 4. The number of allylic oxidation sites excluding steroid dienone is 3. The fourth-order valence-corrected chi connectivity index (χ4v) is 3.06. The van der Waals surface area contributed by atoms with Crippen molar-refractivity contribution >= 4 is 5.97 Å². The number of rotatable bonds is 2. The Bertz CT molecular complexity index is 916. The van der Waals surface area contributed by atoms with Gasteiger partial charge in [0.2, 0.25) is 0 Å². The molecule has 0 aliphatic carbocycles. The monoisotopic (exact) mass is 396 g/mol. The number of benzene rings is 1. The third kappa shape index (κ3) is 4.35. The molecule has 0 radical (unpaired) electrons. The Balaban J connectivity index is 2.77. The second-order valence-corrected chi connectivity index (χ2v) is 7.45. The highest BCUT2D eigenvalue weighted by molar-refractivity contribution is 5.93. The van der Waals surface area contributed by atoms with Gasteiger partial charge in [0, 0.05) is 11.4 Å². The Morgan fingerprint density at radius 3 is 2.29 bits per heavy atom. The maximum atomic E-state index is 13.6. The molecule has 28 heavy (non-hydrogen) atoms. The lowest BCUT2D eigenvalue weighted by Gasteiger charge is -2.31. The predicted molar refractivity (Wildman–Crippen MR) is 95.1 cm³/mol. The van der Waals surface area contributed by atoms with Crippen LogP contribution < -0.4 is 5.32 Å². The van der Waals surface area contributed by atoms with E-state index in [0.29, 0.717) is 11.8 Å². The van der Waals surface area contributed by atoms with E-state index in [1.807, 2.05) is 0 Å². The largest absolute Gasteiger partial charge is 0.457 e. The Morgan fingerprint density at radius 2 is 1.79 bits per heavy atom. The van der Waals surface area contributed by atoms with Gasteiger partial charge in [0.05, 0.1) is 23.6 Å². The highest BCUT2D eigenvalue weighted by Crippen LogP contribution is 2.45. The van der Waals surface area contributed by atoms with Crippen molar-refractivity contribution in [2.24, 2.45) is 0 Å². The standard InChI is InChI=1S/C20H20F4N2O2/c1-10-15(18(27)28-19(3,4)5)16(17(25-6)11(2)26-10)13-8-7-12(21)9-14(13)20(22,23)24/h7-9,16,26H,1-5H3. The average molecular weight is 396 g/mol. The summed E-state index contributed by atoms with van der Waals surface area (Å²) in [5.74, 6) is -3.23. The van der Waals surface area contributed by atoms with E-state index in [1.54, 1.807) is 20.8 Å². The normalized spacial score (nSPS) is 17.9. The van der Waals surface area contributed by atoms with Crippen molar-refractivity contribution in [3.05, 3.63) is 69.2 Å². The van der Waals surface area contributed by atoms with Gasteiger partial charge in [0.25, 0.3) is 0 Å². The van der Waals surface area contributed by atoms with Crippen LogP contribution in [-0.4, -0.2) is 11.6 Å². The molecule has 0 bridgehead atoms. The van der Waals surface area contributed by atoms with Gasteiger partial charge in [-0.1, -0.05) is 6.07 Å². The van der Waals surface area contributed by atoms with Crippen LogP contribution in [-0.2, 0) is 15.7 Å². The van der Waals surface area contributed by atoms with Crippen LogP contribution >= 0.6 is 0 Å². The Hall–Kier alpha value is -2.82. The van der Waals surface area contributed by atoms with Gasteiger partial charge < -0.3 is 10.1 Å². The first-order valence-corrected chi connectivity index (χ1v) is 8.42. The summed E-state index contributed by atoms with van der Waals surface area (Å²) < 4.78 is 59.7. The van der Waals surface area contributed by atoms with Crippen molar-refractivity contribution in [1.82, 2.24) is 5.32 Å². The Labute approximate surface area is 160 Å². The minimum Gasteiger partial charge on any atom is -0.457 e. The minimum absolute atomic E-state index is 0.0800. The number of nitrogens with zero attached hydrogens (tertiary/aromatic N) is 1. The quantitative estimate of drug-likeness (QED) is 0.419. The number of esters is 1. The number of dihydropyridines is 1. The zero-order chi connectivity index (χ0) is 21.4. The maximum Gasteiger partial charge on any atom is 0.416 e. The van der Waals surface area contributed by atoms with Gasteiger partial charge in [-0.25, -0.2) is 14.0 Å². The molecule has 8 heteroatoms. The van der Waals surface area contributed by atoms with Crippen LogP contribution in [0, 0.1) is 12.4 Å². The SMILES string of the molecule is [C-]#[N+]C1=C(C)NC(C)=C(C(=O)OC(C)(C)C)C1c1ccc(F)cc1C(F)(F)F. The zero-order valence-corrected chi connectivity index (χ0v) is 16.1. The van der Waals surface area contributed by atoms with Gasteiger partial charge in [0.15, 0.2) is 5.70 Å². The summed E-state index contributed by atoms with van der Waals surface area (Å²) in [6, 6.07) is 2.21. The molecule has 0 aromatic heterocycles. The zero-order valence-electron chi connectivity index (χ0n) is 16.1. The van der Waals surface area contributed by atoms with E-state index >= 15 is 0 Å². The van der Waals surface area contributed by atoms with Gasteiger partial charge >= 0.3 is 12.1 Å². The van der Waals surface area contributed by atoms with Gasteiger partial charge in [-0.05, 0) is 52.3 Å². The molecule has 1 atom stereocenters. The van der Waals surface area contributed by atoms with Gasteiger partial charge in [0.1, 0.15) is 11.4 Å². The number of carbonyl (C=O) groups excluding carboxylic acids is 1. The first-order chi connectivity index (χ1) is 12.8. The van der Waals surface area contributed by atoms with Crippen LogP contribution in [0.2, 0.25) is 0 Å². The second-order valence-electron chi connectivity index (χ2n) is 7.45. The summed E-state index contributed by atoms with van der Waals surface area (Å²) in [6.07, 6.45) is -4.86. The number of hydrogen-bond donors (Lipinski definition) is 1. The molecule has 1 aromatic carbocycles. The van der Waals surface area contributed by atoms with Crippen molar-refractivity contribution in [2.75, 3.05) is 0 Å². The van der Waals surface area contributed by atoms with Crippen molar-refractivity contribution in [1.29, 1.82) is 0 Å². The van der Waals surface area contributed by atoms with Crippen molar-refractivity contribution in [3.63, 3.8) is 0 Å². The summed E-state index contributed by atoms with van der Waals surface area (Å²) in [6.45, 7) is 15.4. The number of carbonyl (C=O) groups is 1. The van der Waals surface area contributed by atoms with Crippen LogP contribution in [0.5, 0.6) is 0 Å². The van der Waals surface area contributed by atoms with Crippen LogP contribution in [0.1, 0.15) is 51.7 Å². The molecule has 1 heterocycles. The molecular formula is C20H20F4N2O2. The highest BCUT2D eigenvalue weighted by atomic mass is 19.4. The number of nitrogens with one attached hydrogen (secondary N) is 1. The molecule has 1 N–H and O–H groups in total. The van der Waals surface area contributed by atoms with E-state index in [1.165, 1.54) is 13.8 Å². The number of ether oxygens (including phenoxy) is 1. The molecule has 1 aliphatic rings. The van der Waals surface area contributed by atoms with Crippen LogP contribution in [0.25, 0.3) is 4.85 Å². The van der Waals surface area contributed by atoms with Gasteiger partial charge in [-0.3, -0.25) is 0 Å². The molecule has 1 unspecified atom stereocenters.